The van der Waals surface area contributed by atoms with Crippen LogP contribution >= 0.6 is 0 Å². The second-order valence-corrected chi connectivity index (χ2v) is 3.39. The Morgan fingerprint density at radius 3 is 2.87 bits per heavy atom. The van der Waals surface area contributed by atoms with Crippen LogP contribution in [0.15, 0.2) is 18.2 Å². The first-order valence-corrected chi connectivity index (χ1v) is 4.73. The number of fused-ring (bicyclic) bond motifs is 1. The Bertz CT molecular complexity index is 424. The van der Waals surface area contributed by atoms with Crippen molar-refractivity contribution in [2.75, 3.05) is 6.79 Å². The lowest BCUT2D eigenvalue weighted by Crippen LogP contribution is -2.21. The molecular weight excluding hydrogens is 194 g/mol. The van der Waals surface area contributed by atoms with Crippen molar-refractivity contribution in [1.82, 2.24) is 0 Å². The van der Waals surface area contributed by atoms with E-state index in [2.05, 4.69) is 0 Å². The van der Waals surface area contributed by atoms with Crippen molar-refractivity contribution < 1.29 is 14.6 Å². The van der Waals surface area contributed by atoms with E-state index in [9.17, 15) is 5.11 Å². The van der Waals surface area contributed by atoms with Gasteiger partial charge in [-0.25, -0.2) is 0 Å². The molecule has 1 aliphatic rings. The number of nitrogens with zero attached hydrogens (tertiary/aromatic N) is 1. The van der Waals surface area contributed by atoms with Gasteiger partial charge in [-0.15, -0.1) is 0 Å². The maximum absolute atomic E-state index is 9.97. The molecule has 0 spiro atoms. The molecule has 78 valence electrons. The molecule has 0 aromatic heterocycles. The third-order valence-electron chi connectivity index (χ3n) is 2.55. The van der Waals surface area contributed by atoms with E-state index in [1.165, 1.54) is 0 Å². The van der Waals surface area contributed by atoms with Gasteiger partial charge in [-0.05, 0) is 18.6 Å². The van der Waals surface area contributed by atoms with Crippen LogP contribution in [0, 0.1) is 11.3 Å². The van der Waals surface area contributed by atoms with Crippen LogP contribution in [-0.2, 0) is 5.60 Å². The van der Waals surface area contributed by atoms with E-state index in [0.717, 1.165) is 0 Å². The van der Waals surface area contributed by atoms with Crippen molar-refractivity contribution in [3.63, 3.8) is 0 Å². The number of hydrogen-bond donors (Lipinski definition) is 1. The predicted octanol–water partition coefficient (Wildman–Crippen LogP) is 1.54. The van der Waals surface area contributed by atoms with E-state index in [1.54, 1.807) is 25.1 Å². The molecule has 1 heterocycles. The highest BCUT2D eigenvalue weighted by atomic mass is 16.7. The lowest BCUT2D eigenvalue weighted by Gasteiger charge is -2.18. The van der Waals surface area contributed by atoms with Crippen molar-refractivity contribution >= 4 is 0 Å². The normalized spacial score (nSPS) is 16.9. The quantitative estimate of drug-likeness (QED) is 0.744. The SMILES string of the molecule is CCC(O)(C#N)c1ccc2c(c1)OCO2. The van der Waals surface area contributed by atoms with Crippen molar-refractivity contribution in [2.24, 2.45) is 0 Å². The molecule has 1 aromatic rings. The average Bonchev–Trinajstić information content (AvgIpc) is 2.74. The highest BCUT2D eigenvalue weighted by Crippen LogP contribution is 2.36. The number of nitriles is 1. The summed E-state index contributed by atoms with van der Waals surface area (Å²) in [6.45, 7) is 1.95. The zero-order valence-electron chi connectivity index (χ0n) is 8.36. The summed E-state index contributed by atoms with van der Waals surface area (Å²) in [5, 5.41) is 18.9. The molecule has 1 N–H and O–H groups in total. The fourth-order valence-corrected chi connectivity index (χ4v) is 1.50. The zero-order chi connectivity index (χ0) is 10.9. The Labute approximate surface area is 87.7 Å². The molecule has 0 amide bonds. The molecule has 0 saturated heterocycles. The summed E-state index contributed by atoms with van der Waals surface area (Å²) in [6, 6.07) is 6.93. The summed E-state index contributed by atoms with van der Waals surface area (Å²) in [5.41, 5.74) is -0.905. The second kappa shape index (κ2) is 3.44. The van der Waals surface area contributed by atoms with Crippen LogP contribution in [0.1, 0.15) is 18.9 Å². The first-order valence-electron chi connectivity index (χ1n) is 4.73. The van der Waals surface area contributed by atoms with Crippen LogP contribution in [0.25, 0.3) is 0 Å². The average molecular weight is 205 g/mol. The van der Waals surface area contributed by atoms with E-state index in [-0.39, 0.29) is 6.79 Å². The van der Waals surface area contributed by atoms with Crippen molar-refractivity contribution in [3.05, 3.63) is 23.8 Å². The van der Waals surface area contributed by atoms with Gasteiger partial charge in [0.15, 0.2) is 17.1 Å². The summed E-state index contributed by atoms with van der Waals surface area (Å²) in [6.07, 6.45) is 0.336. The highest BCUT2D eigenvalue weighted by Gasteiger charge is 2.28. The van der Waals surface area contributed by atoms with Gasteiger partial charge in [0.2, 0.25) is 6.79 Å². The Balaban J connectivity index is 2.43. The molecule has 0 radical (unpaired) electrons. The van der Waals surface area contributed by atoms with Crippen LogP contribution in [0.2, 0.25) is 0 Å². The Morgan fingerprint density at radius 2 is 2.20 bits per heavy atom. The molecule has 1 unspecified atom stereocenters. The molecule has 15 heavy (non-hydrogen) atoms. The Kier molecular flexibility index (Phi) is 2.25. The third-order valence-corrected chi connectivity index (χ3v) is 2.55. The molecule has 1 atom stereocenters. The molecule has 1 aromatic carbocycles. The van der Waals surface area contributed by atoms with Crippen molar-refractivity contribution in [1.29, 1.82) is 5.26 Å². The van der Waals surface area contributed by atoms with Crippen LogP contribution in [0.5, 0.6) is 11.5 Å². The van der Waals surface area contributed by atoms with Crippen LogP contribution in [-0.4, -0.2) is 11.9 Å². The predicted molar refractivity (Wildman–Crippen MR) is 52.4 cm³/mol. The van der Waals surface area contributed by atoms with Crippen LogP contribution in [0.4, 0.5) is 0 Å². The lowest BCUT2D eigenvalue weighted by molar-refractivity contribution is 0.0932. The summed E-state index contributed by atoms with van der Waals surface area (Å²) in [4.78, 5) is 0. The monoisotopic (exact) mass is 205 g/mol. The van der Waals surface area contributed by atoms with Gasteiger partial charge in [0.25, 0.3) is 0 Å². The molecule has 2 rings (SSSR count). The van der Waals surface area contributed by atoms with Crippen LogP contribution in [0.3, 0.4) is 0 Å². The zero-order valence-corrected chi connectivity index (χ0v) is 8.36. The molecule has 0 aliphatic carbocycles. The Hall–Kier alpha value is -1.73. The van der Waals surface area contributed by atoms with E-state index in [4.69, 9.17) is 14.7 Å². The van der Waals surface area contributed by atoms with E-state index in [0.29, 0.717) is 23.5 Å². The number of ether oxygens (including phenoxy) is 2. The molecule has 0 saturated carbocycles. The number of benzene rings is 1. The van der Waals surface area contributed by atoms with Crippen molar-refractivity contribution in [2.45, 2.75) is 18.9 Å². The molecule has 0 bridgehead atoms. The maximum Gasteiger partial charge on any atom is 0.231 e. The fourth-order valence-electron chi connectivity index (χ4n) is 1.50. The minimum Gasteiger partial charge on any atom is -0.454 e. The van der Waals surface area contributed by atoms with Crippen LogP contribution < -0.4 is 9.47 Å². The second-order valence-electron chi connectivity index (χ2n) is 3.39. The van der Waals surface area contributed by atoms with Gasteiger partial charge >= 0.3 is 0 Å². The fraction of sp³-hybridized carbons (Fsp3) is 0.364. The highest BCUT2D eigenvalue weighted by molar-refractivity contribution is 5.47. The summed E-state index contributed by atoms with van der Waals surface area (Å²) >= 11 is 0. The number of aliphatic hydroxyl groups is 1. The first kappa shape index (κ1) is 9.81. The summed E-state index contributed by atoms with van der Waals surface area (Å²) < 4.78 is 10.3. The van der Waals surface area contributed by atoms with Gasteiger partial charge < -0.3 is 14.6 Å². The largest absolute Gasteiger partial charge is 0.454 e. The number of rotatable bonds is 2. The Morgan fingerprint density at radius 1 is 1.47 bits per heavy atom. The minimum absolute atomic E-state index is 0.190. The van der Waals surface area contributed by atoms with Gasteiger partial charge in [-0.2, -0.15) is 5.26 Å². The molecular formula is C11H11NO3. The van der Waals surface area contributed by atoms with Gasteiger partial charge in [-0.1, -0.05) is 13.0 Å². The van der Waals surface area contributed by atoms with Gasteiger partial charge in [0, 0.05) is 5.56 Å². The van der Waals surface area contributed by atoms with Crippen molar-refractivity contribution in [3.8, 4) is 17.6 Å². The molecule has 4 heteroatoms. The van der Waals surface area contributed by atoms with Gasteiger partial charge in [0.05, 0.1) is 0 Å². The third kappa shape index (κ3) is 1.51. The van der Waals surface area contributed by atoms with E-state index in [1.807, 2.05) is 6.07 Å². The maximum atomic E-state index is 9.97. The smallest absolute Gasteiger partial charge is 0.231 e. The van der Waals surface area contributed by atoms with E-state index >= 15 is 0 Å². The minimum atomic E-state index is -1.44. The molecule has 1 aliphatic heterocycles. The standard InChI is InChI=1S/C11H11NO3/c1-2-11(13,6-12)8-3-4-9-10(5-8)15-7-14-9/h3-5,13H,2,7H2,1H3. The topological polar surface area (TPSA) is 62.5 Å². The molecule has 0 fully saturated rings. The van der Waals surface area contributed by atoms with E-state index < -0.39 is 5.60 Å². The van der Waals surface area contributed by atoms with Gasteiger partial charge in [-0.3, -0.25) is 0 Å². The summed E-state index contributed by atoms with van der Waals surface area (Å²) in [7, 11) is 0. The molecule has 4 nitrogen and oxygen atoms in total. The van der Waals surface area contributed by atoms with Gasteiger partial charge in [0.1, 0.15) is 6.07 Å². The first-order chi connectivity index (χ1) is 7.19. The summed E-state index contributed by atoms with van der Waals surface area (Å²) in [5.74, 6) is 1.23. The lowest BCUT2D eigenvalue weighted by atomic mass is 9.92. The number of hydrogen-bond acceptors (Lipinski definition) is 4.